The highest BCUT2D eigenvalue weighted by Crippen LogP contribution is 2.27. The van der Waals surface area contributed by atoms with Gasteiger partial charge in [-0.05, 0) is 38.8 Å². The number of halogens is 1. The number of hydrogen-bond acceptors (Lipinski definition) is 3. The summed E-state index contributed by atoms with van der Waals surface area (Å²) in [5.74, 6) is -0.271. The summed E-state index contributed by atoms with van der Waals surface area (Å²) in [5.41, 5.74) is 1.90. The van der Waals surface area contributed by atoms with E-state index in [0.29, 0.717) is 5.02 Å². The van der Waals surface area contributed by atoms with Crippen molar-refractivity contribution in [1.82, 2.24) is 0 Å². The highest BCUT2D eigenvalue weighted by molar-refractivity contribution is 6.33. The average Bonchev–Trinajstić information content (AvgIpc) is 2.30. The van der Waals surface area contributed by atoms with Gasteiger partial charge in [0.25, 0.3) is 0 Å². The van der Waals surface area contributed by atoms with Crippen LogP contribution in [0.15, 0.2) is 18.2 Å². The summed E-state index contributed by atoms with van der Waals surface area (Å²) >= 11 is 6.15. The van der Waals surface area contributed by atoms with Gasteiger partial charge in [-0.3, -0.25) is 0 Å². The largest absolute Gasteiger partial charge is 0.461 e. The lowest BCUT2D eigenvalue weighted by molar-refractivity contribution is -0.147. The number of esters is 1. The molecule has 0 saturated heterocycles. The van der Waals surface area contributed by atoms with Crippen LogP contribution in [-0.2, 0) is 16.0 Å². The summed E-state index contributed by atoms with van der Waals surface area (Å²) < 4.78 is 5.15. The number of aryl methyl sites for hydroxylation is 1. The van der Waals surface area contributed by atoms with Crippen molar-refractivity contribution in [3.8, 4) is 0 Å². The van der Waals surface area contributed by atoms with Crippen LogP contribution in [-0.4, -0.2) is 18.1 Å². The fourth-order valence-corrected chi connectivity index (χ4v) is 1.88. The molecule has 1 rings (SSSR count). The molecule has 0 aliphatic carbocycles. The number of carbonyl (C=O) groups excluding carboxylic acids is 1. The Morgan fingerprint density at radius 3 is 2.61 bits per heavy atom. The van der Waals surface area contributed by atoms with Gasteiger partial charge in [0.05, 0.1) is 16.8 Å². The van der Waals surface area contributed by atoms with Crippen LogP contribution in [0.2, 0.25) is 5.02 Å². The number of nitrogens with one attached hydrogen (secondary N) is 1. The Hall–Kier alpha value is -1.22. The molecule has 1 aromatic rings. The van der Waals surface area contributed by atoms with E-state index >= 15 is 0 Å². The number of benzene rings is 1. The van der Waals surface area contributed by atoms with Gasteiger partial charge in [0.1, 0.15) is 6.04 Å². The molecule has 4 heteroatoms. The summed E-state index contributed by atoms with van der Waals surface area (Å²) in [6, 6.07) is 5.29. The van der Waals surface area contributed by atoms with Crippen LogP contribution >= 0.6 is 11.6 Å². The minimum Gasteiger partial charge on any atom is -0.461 e. The fourth-order valence-electron chi connectivity index (χ4n) is 1.63. The van der Waals surface area contributed by atoms with Crippen molar-refractivity contribution < 1.29 is 9.53 Å². The molecular formula is C14H20ClNO2. The highest BCUT2D eigenvalue weighted by Gasteiger charge is 2.17. The lowest BCUT2D eigenvalue weighted by Crippen LogP contribution is -2.30. The second kappa shape index (κ2) is 6.64. The quantitative estimate of drug-likeness (QED) is 0.829. The van der Waals surface area contributed by atoms with E-state index < -0.39 is 6.04 Å². The molecule has 1 atom stereocenters. The molecule has 0 amide bonds. The summed E-state index contributed by atoms with van der Waals surface area (Å²) in [6.07, 6.45) is 0.744. The number of anilines is 1. The van der Waals surface area contributed by atoms with Gasteiger partial charge in [-0.25, -0.2) is 4.79 Å². The SMILES string of the molecule is CCc1cccc(Cl)c1NC(C)C(=O)OC(C)C. The van der Waals surface area contributed by atoms with E-state index in [-0.39, 0.29) is 12.1 Å². The zero-order valence-corrected chi connectivity index (χ0v) is 12.0. The van der Waals surface area contributed by atoms with Gasteiger partial charge in [0.15, 0.2) is 0 Å². The van der Waals surface area contributed by atoms with Crippen LogP contribution in [0.3, 0.4) is 0 Å². The molecule has 3 nitrogen and oxygen atoms in total. The molecular weight excluding hydrogens is 250 g/mol. The zero-order valence-electron chi connectivity index (χ0n) is 11.3. The van der Waals surface area contributed by atoms with Gasteiger partial charge in [0.2, 0.25) is 0 Å². The van der Waals surface area contributed by atoms with Gasteiger partial charge in [-0.15, -0.1) is 0 Å². The molecule has 1 aromatic carbocycles. The van der Waals surface area contributed by atoms with E-state index in [1.54, 1.807) is 6.92 Å². The first-order valence-corrected chi connectivity index (χ1v) is 6.57. The Bertz CT molecular complexity index is 418. The smallest absolute Gasteiger partial charge is 0.328 e. The predicted octanol–water partition coefficient (Wildman–Crippen LogP) is 3.65. The number of ether oxygens (including phenoxy) is 1. The van der Waals surface area contributed by atoms with Crippen molar-refractivity contribution in [3.63, 3.8) is 0 Å². The number of para-hydroxylation sites is 1. The molecule has 0 bridgehead atoms. The molecule has 0 aliphatic rings. The Morgan fingerprint density at radius 1 is 1.39 bits per heavy atom. The third kappa shape index (κ3) is 3.91. The van der Waals surface area contributed by atoms with Crippen molar-refractivity contribution in [2.24, 2.45) is 0 Å². The first-order valence-electron chi connectivity index (χ1n) is 6.20. The highest BCUT2D eigenvalue weighted by atomic mass is 35.5. The molecule has 0 aliphatic heterocycles. The Labute approximate surface area is 113 Å². The van der Waals surface area contributed by atoms with Crippen LogP contribution in [0.4, 0.5) is 5.69 Å². The van der Waals surface area contributed by atoms with E-state index in [2.05, 4.69) is 5.32 Å². The summed E-state index contributed by atoms with van der Waals surface area (Å²) in [5, 5.41) is 3.75. The average molecular weight is 270 g/mol. The molecule has 0 spiro atoms. The first-order chi connectivity index (χ1) is 8.45. The Balaban J connectivity index is 2.81. The maximum absolute atomic E-state index is 11.7. The van der Waals surface area contributed by atoms with Crippen LogP contribution < -0.4 is 5.32 Å². The third-order valence-electron chi connectivity index (χ3n) is 2.55. The van der Waals surface area contributed by atoms with Gasteiger partial charge in [-0.1, -0.05) is 30.7 Å². The molecule has 1 unspecified atom stereocenters. The van der Waals surface area contributed by atoms with Crippen LogP contribution in [0.25, 0.3) is 0 Å². The van der Waals surface area contributed by atoms with E-state index in [9.17, 15) is 4.79 Å². The summed E-state index contributed by atoms with van der Waals surface area (Å²) in [7, 11) is 0. The molecule has 0 aromatic heterocycles. The van der Waals surface area contributed by atoms with E-state index in [1.165, 1.54) is 0 Å². The predicted molar refractivity (Wildman–Crippen MR) is 75.1 cm³/mol. The Morgan fingerprint density at radius 2 is 2.06 bits per heavy atom. The van der Waals surface area contributed by atoms with Gasteiger partial charge < -0.3 is 10.1 Å². The number of hydrogen-bond donors (Lipinski definition) is 1. The van der Waals surface area contributed by atoms with Gasteiger partial charge >= 0.3 is 5.97 Å². The maximum Gasteiger partial charge on any atom is 0.328 e. The maximum atomic E-state index is 11.7. The second-order valence-electron chi connectivity index (χ2n) is 4.48. The first kappa shape index (κ1) is 14.8. The lowest BCUT2D eigenvalue weighted by atomic mass is 10.1. The van der Waals surface area contributed by atoms with Crippen LogP contribution in [0, 0.1) is 0 Å². The van der Waals surface area contributed by atoms with E-state index in [0.717, 1.165) is 17.7 Å². The van der Waals surface area contributed by atoms with Crippen molar-refractivity contribution in [1.29, 1.82) is 0 Å². The molecule has 1 N–H and O–H groups in total. The van der Waals surface area contributed by atoms with Gasteiger partial charge in [-0.2, -0.15) is 0 Å². The second-order valence-corrected chi connectivity index (χ2v) is 4.89. The molecule has 18 heavy (non-hydrogen) atoms. The van der Waals surface area contributed by atoms with E-state index in [4.69, 9.17) is 16.3 Å². The van der Waals surface area contributed by atoms with E-state index in [1.807, 2.05) is 39.0 Å². The normalized spacial score (nSPS) is 12.3. The fraction of sp³-hybridized carbons (Fsp3) is 0.500. The summed E-state index contributed by atoms with van der Waals surface area (Å²) in [4.78, 5) is 11.7. The standard InChI is InChI=1S/C14H20ClNO2/c1-5-11-7-6-8-12(15)13(11)16-10(4)14(17)18-9(2)3/h6-10,16H,5H2,1-4H3. The third-order valence-corrected chi connectivity index (χ3v) is 2.86. The van der Waals surface area contributed by atoms with Crippen LogP contribution in [0.5, 0.6) is 0 Å². The monoisotopic (exact) mass is 269 g/mol. The summed E-state index contributed by atoms with van der Waals surface area (Å²) in [6.45, 7) is 7.48. The molecule has 0 radical (unpaired) electrons. The van der Waals surface area contributed by atoms with Crippen molar-refractivity contribution in [2.45, 2.75) is 46.3 Å². The Kier molecular flexibility index (Phi) is 5.48. The van der Waals surface area contributed by atoms with Crippen LogP contribution in [0.1, 0.15) is 33.3 Å². The molecule has 0 fully saturated rings. The minimum atomic E-state index is -0.419. The van der Waals surface area contributed by atoms with Gasteiger partial charge in [0, 0.05) is 0 Å². The lowest BCUT2D eigenvalue weighted by Gasteiger charge is -2.19. The van der Waals surface area contributed by atoms with Crippen molar-refractivity contribution in [2.75, 3.05) is 5.32 Å². The van der Waals surface area contributed by atoms with Crippen molar-refractivity contribution in [3.05, 3.63) is 28.8 Å². The molecule has 0 heterocycles. The number of rotatable bonds is 5. The zero-order chi connectivity index (χ0) is 13.7. The topological polar surface area (TPSA) is 38.3 Å². The molecule has 100 valence electrons. The molecule has 0 saturated carbocycles. The van der Waals surface area contributed by atoms with Crippen molar-refractivity contribution >= 4 is 23.3 Å². The minimum absolute atomic E-state index is 0.112. The number of carbonyl (C=O) groups is 1.